The van der Waals surface area contributed by atoms with Gasteiger partial charge in [-0.3, -0.25) is 4.79 Å². The van der Waals surface area contributed by atoms with Crippen LogP contribution < -0.4 is 10.1 Å². The molecule has 3 N–H and O–H groups in total. The highest BCUT2D eigenvalue weighted by Crippen LogP contribution is 2.26. The maximum Gasteiger partial charge on any atom is 0.251 e. The Labute approximate surface area is 119 Å². The van der Waals surface area contributed by atoms with Gasteiger partial charge in [-0.1, -0.05) is 13.3 Å². The van der Waals surface area contributed by atoms with Gasteiger partial charge in [0, 0.05) is 18.7 Å². The molecule has 1 amide bonds. The Morgan fingerprint density at radius 2 is 2.15 bits per heavy atom. The minimum absolute atomic E-state index is 0.0550. The molecule has 0 radical (unpaired) electrons. The lowest BCUT2D eigenvalue weighted by molar-refractivity contribution is 0.0942. The number of ether oxygens (including phenoxy) is 1. The minimum atomic E-state index is -0.234. The smallest absolute Gasteiger partial charge is 0.251 e. The van der Waals surface area contributed by atoms with Gasteiger partial charge in [-0.25, -0.2) is 0 Å². The van der Waals surface area contributed by atoms with Crippen molar-refractivity contribution in [3.8, 4) is 11.5 Å². The highest BCUT2D eigenvalue weighted by atomic mass is 16.5. The van der Waals surface area contributed by atoms with Gasteiger partial charge in [0.05, 0.1) is 7.11 Å². The summed E-state index contributed by atoms with van der Waals surface area (Å²) in [4.78, 5) is 12.0. The minimum Gasteiger partial charge on any atom is -0.504 e. The van der Waals surface area contributed by atoms with Gasteiger partial charge >= 0.3 is 0 Å². The zero-order valence-electron chi connectivity index (χ0n) is 12.1. The van der Waals surface area contributed by atoms with E-state index in [4.69, 9.17) is 9.84 Å². The summed E-state index contributed by atoms with van der Waals surface area (Å²) in [5.74, 6) is 0.328. The topological polar surface area (TPSA) is 78.8 Å². The second-order valence-electron chi connectivity index (χ2n) is 4.76. The monoisotopic (exact) mass is 281 g/mol. The van der Waals surface area contributed by atoms with Crippen LogP contribution in [0.15, 0.2) is 18.2 Å². The highest BCUT2D eigenvalue weighted by molar-refractivity contribution is 5.94. The van der Waals surface area contributed by atoms with Gasteiger partial charge in [-0.2, -0.15) is 0 Å². The quantitative estimate of drug-likeness (QED) is 0.680. The number of hydrogen-bond donors (Lipinski definition) is 3. The lowest BCUT2D eigenvalue weighted by Crippen LogP contribution is -2.29. The van der Waals surface area contributed by atoms with Crippen LogP contribution >= 0.6 is 0 Å². The van der Waals surface area contributed by atoms with Crippen LogP contribution in [0.1, 0.15) is 36.5 Å². The third kappa shape index (κ3) is 4.74. The molecule has 0 saturated heterocycles. The number of carbonyl (C=O) groups is 1. The van der Waals surface area contributed by atoms with Crippen molar-refractivity contribution >= 4 is 5.91 Å². The van der Waals surface area contributed by atoms with Crippen LogP contribution in [0, 0.1) is 5.92 Å². The van der Waals surface area contributed by atoms with Gasteiger partial charge in [0.2, 0.25) is 0 Å². The van der Waals surface area contributed by atoms with E-state index in [1.54, 1.807) is 12.1 Å². The van der Waals surface area contributed by atoms with E-state index in [0.717, 1.165) is 12.8 Å². The van der Waals surface area contributed by atoms with E-state index in [0.29, 0.717) is 24.3 Å². The summed E-state index contributed by atoms with van der Waals surface area (Å²) in [5, 5.41) is 21.5. The SMILES string of the molecule is CCCC(CCO)CNC(=O)c1ccc(OC)c(O)c1. The summed E-state index contributed by atoms with van der Waals surface area (Å²) in [5.41, 5.74) is 0.391. The molecule has 1 atom stereocenters. The van der Waals surface area contributed by atoms with Gasteiger partial charge in [0.1, 0.15) is 0 Å². The van der Waals surface area contributed by atoms with E-state index in [1.807, 2.05) is 0 Å². The van der Waals surface area contributed by atoms with Crippen molar-refractivity contribution < 1.29 is 19.7 Å². The average molecular weight is 281 g/mol. The number of carbonyl (C=O) groups excluding carboxylic acids is 1. The van der Waals surface area contributed by atoms with E-state index in [2.05, 4.69) is 12.2 Å². The van der Waals surface area contributed by atoms with Gasteiger partial charge in [-0.05, 0) is 37.0 Å². The maximum absolute atomic E-state index is 12.0. The standard InChI is InChI=1S/C15H23NO4/c1-3-4-11(7-8-17)10-16-15(19)12-5-6-14(20-2)13(18)9-12/h5-6,9,11,17-18H,3-4,7-8,10H2,1-2H3,(H,16,19). The molecule has 5 nitrogen and oxygen atoms in total. The molecule has 1 aromatic rings. The number of aliphatic hydroxyl groups is 1. The largest absolute Gasteiger partial charge is 0.504 e. The van der Waals surface area contributed by atoms with E-state index in [1.165, 1.54) is 13.2 Å². The number of hydrogen-bond acceptors (Lipinski definition) is 4. The first kappa shape index (κ1) is 16.3. The molecule has 1 rings (SSSR count). The van der Waals surface area contributed by atoms with Crippen molar-refractivity contribution in [1.82, 2.24) is 5.32 Å². The third-order valence-corrected chi connectivity index (χ3v) is 3.23. The Hall–Kier alpha value is -1.75. The number of phenols is 1. The number of amides is 1. The maximum atomic E-state index is 12.0. The van der Waals surface area contributed by atoms with Crippen molar-refractivity contribution in [1.29, 1.82) is 0 Å². The van der Waals surface area contributed by atoms with Gasteiger partial charge in [0.15, 0.2) is 11.5 Å². The molecule has 0 heterocycles. The molecular formula is C15H23NO4. The van der Waals surface area contributed by atoms with Crippen LogP contribution in [0.4, 0.5) is 0 Å². The summed E-state index contributed by atoms with van der Waals surface area (Å²) >= 11 is 0. The Morgan fingerprint density at radius 1 is 1.40 bits per heavy atom. The second kappa shape index (κ2) is 8.43. The summed E-state index contributed by atoms with van der Waals surface area (Å²) in [6, 6.07) is 4.55. The van der Waals surface area contributed by atoms with Crippen LogP contribution in [0.3, 0.4) is 0 Å². The van der Waals surface area contributed by atoms with Crippen LogP contribution in [0.2, 0.25) is 0 Å². The highest BCUT2D eigenvalue weighted by Gasteiger charge is 2.12. The predicted octanol–water partition coefficient (Wildman–Crippen LogP) is 1.93. The number of benzene rings is 1. The van der Waals surface area contributed by atoms with Crippen LogP contribution in [0.25, 0.3) is 0 Å². The molecule has 5 heteroatoms. The Kier molecular flexibility index (Phi) is 6.87. The van der Waals surface area contributed by atoms with E-state index < -0.39 is 0 Å². The van der Waals surface area contributed by atoms with Crippen molar-refractivity contribution in [3.63, 3.8) is 0 Å². The first-order valence-electron chi connectivity index (χ1n) is 6.88. The zero-order valence-corrected chi connectivity index (χ0v) is 12.1. The molecule has 0 aromatic heterocycles. The molecule has 1 unspecified atom stereocenters. The normalized spacial score (nSPS) is 11.9. The van der Waals surface area contributed by atoms with Gasteiger partial charge in [0.25, 0.3) is 5.91 Å². The van der Waals surface area contributed by atoms with E-state index in [9.17, 15) is 9.90 Å². The number of methoxy groups -OCH3 is 1. The van der Waals surface area contributed by atoms with Gasteiger partial charge in [-0.15, -0.1) is 0 Å². The number of aromatic hydroxyl groups is 1. The second-order valence-corrected chi connectivity index (χ2v) is 4.76. The molecule has 0 fully saturated rings. The van der Waals surface area contributed by atoms with Crippen molar-refractivity contribution in [2.75, 3.05) is 20.3 Å². The molecule has 0 spiro atoms. The summed E-state index contributed by atoms with van der Waals surface area (Å²) in [6.45, 7) is 2.73. The first-order valence-corrected chi connectivity index (χ1v) is 6.88. The molecule has 112 valence electrons. The molecule has 20 heavy (non-hydrogen) atoms. The van der Waals surface area contributed by atoms with E-state index in [-0.39, 0.29) is 24.2 Å². The zero-order chi connectivity index (χ0) is 15.0. The lowest BCUT2D eigenvalue weighted by atomic mass is 10.00. The fourth-order valence-corrected chi connectivity index (χ4v) is 2.11. The number of nitrogens with one attached hydrogen (secondary N) is 1. The summed E-state index contributed by atoms with van der Waals surface area (Å²) < 4.78 is 4.93. The van der Waals surface area contributed by atoms with E-state index >= 15 is 0 Å². The molecule has 0 aliphatic heterocycles. The molecule has 0 aliphatic rings. The van der Waals surface area contributed by atoms with Crippen molar-refractivity contribution in [3.05, 3.63) is 23.8 Å². The molecule has 0 saturated carbocycles. The summed E-state index contributed by atoms with van der Waals surface area (Å²) in [6.07, 6.45) is 2.67. The Balaban J connectivity index is 2.59. The lowest BCUT2D eigenvalue weighted by Gasteiger charge is -2.15. The fourth-order valence-electron chi connectivity index (χ4n) is 2.11. The van der Waals surface area contributed by atoms with Crippen LogP contribution in [-0.2, 0) is 0 Å². The molecule has 0 bridgehead atoms. The third-order valence-electron chi connectivity index (χ3n) is 3.23. The van der Waals surface area contributed by atoms with Gasteiger partial charge < -0.3 is 20.3 Å². The Morgan fingerprint density at radius 3 is 2.70 bits per heavy atom. The number of rotatable bonds is 8. The molecule has 0 aliphatic carbocycles. The molecule has 1 aromatic carbocycles. The van der Waals surface area contributed by atoms with Crippen LogP contribution in [-0.4, -0.2) is 36.4 Å². The number of phenolic OH excluding ortho intramolecular Hbond substituents is 1. The molecular weight excluding hydrogens is 258 g/mol. The van der Waals surface area contributed by atoms with Crippen LogP contribution in [0.5, 0.6) is 11.5 Å². The predicted molar refractivity (Wildman–Crippen MR) is 77.1 cm³/mol. The van der Waals surface area contributed by atoms with Crippen molar-refractivity contribution in [2.24, 2.45) is 5.92 Å². The summed E-state index contributed by atoms with van der Waals surface area (Å²) in [7, 11) is 1.46. The Bertz CT molecular complexity index is 428. The van der Waals surface area contributed by atoms with Crippen molar-refractivity contribution in [2.45, 2.75) is 26.2 Å². The fraction of sp³-hybridized carbons (Fsp3) is 0.533. The number of aliphatic hydroxyl groups excluding tert-OH is 1. The average Bonchev–Trinajstić information content (AvgIpc) is 2.44. The first-order chi connectivity index (χ1) is 9.62.